The number of nitrogens with one attached hydrogen (secondary N) is 1. The lowest BCUT2D eigenvalue weighted by atomic mass is 10.3. The summed E-state index contributed by atoms with van der Waals surface area (Å²) in [5, 5.41) is 5.40. The zero-order valence-electron chi connectivity index (χ0n) is 10.0. The Morgan fingerprint density at radius 3 is 1.93 bits per heavy atom. The molecule has 0 spiro atoms. The maximum absolute atomic E-state index is 8.35. The fourth-order valence-electron chi connectivity index (χ4n) is 1.15. The van der Waals surface area contributed by atoms with Gasteiger partial charge >= 0.3 is 9.28 Å². The first-order valence-electron chi connectivity index (χ1n) is 5.53. The van der Waals surface area contributed by atoms with Crippen molar-refractivity contribution in [2.75, 3.05) is 13.2 Å². The van der Waals surface area contributed by atoms with Crippen LogP contribution in [0.3, 0.4) is 0 Å². The topological polar surface area (TPSA) is 59.4 Å². The van der Waals surface area contributed by atoms with E-state index >= 15 is 0 Å². The molecule has 0 aliphatic rings. The van der Waals surface area contributed by atoms with Crippen molar-refractivity contribution in [2.24, 2.45) is 0 Å². The molecule has 0 aliphatic heterocycles. The van der Waals surface area contributed by atoms with Gasteiger partial charge in [-0.3, -0.25) is 0 Å². The Hall–Kier alpha value is -0.483. The van der Waals surface area contributed by atoms with Gasteiger partial charge < -0.3 is 8.85 Å². The zero-order valence-corrected chi connectivity index (χ0v) is 11.2. The van der Waals surface area contributed by atoms with Gasteiger partial charge in [0.25, 0.3) is 0 Å². The highest BCUT2D eigenvalue weighted by Crippen LogP contribution is 2.05. The SMILES string of the molecule is CCCCC[SiH](OCC)OCC.N=C=O. The third-order valence-electron chi connectivity index (χ3n) is 1.75. The molecule has 15 heavy (non-hydrogen) atoms. The van der Waals surface area contributed by atoms with Crippen LogP contribution < -0.4 is 0 Å². The summed E-state index contributed by atoms with van der Waals surface area (Å²) in [5.41, 5.74) is 0. The molecular weight excluding hydrogens is 210 g/mol. The number of isocyanates is 1. The first-order chi connectivity index (χ1) is 7.26. The normalized spacial score (nSPS) is 9.33. The van der Waals surface area contributed by atoms with Crippen LogP contribution in [0.5, 0.6) is 0 Å². The lowest BCUT2D eigenvalue weighted by Crippen LogP contribution is -2.22. The fourth-order valence-corrected chi connectivity index (χ4v) is 2.94. The van der Waals surface area contributed by atoms with Gasteiger partial charge in [0.1, 0.15) is 0 Å². The van der Waals surface area contributed by atoms with Gasteiger partial charge in [0.2, 0.25) is 6.08 Å². The second-order valence-corrected chi connectivity index (χ2v) is 5.04. The van der Waals surface area contributed by atoms with Gasteiger partial charge in [0.15, 0.2) is 0 Å². The summed E-state index contributed by atoms with van der Waals surface area (Å²) in [4.78, 5) is 8.35. The van der Waals surface area contributed by atoms with Gasteiger partial charge in [-0.05, 0) is 19.9 Å². The molecule has 0 aromatic carbocycles. The van der Waals surface area contributed by atoms with Crippen LogP contribution in [-0.4, -0.2) is 28.6 Å². The average Bonchev–Trinajstić information content (AvgIpc) is 2.20. The van der Waals surface area contributed by atoms with Crippen molar-refractivity contribution in [1.29, 1.82) is 5.41 Å². The molecule has 0 fully saturated rings. The summed E-state index contributed by atoms with van der Waals surface area (Å²) in [5.74, 6) is 0. The van der Waals surface area contributed by atoms with Crippen LogP contribution in [-0.2, 0) is 13.6 Å². The molecule has 90 valence electrons. The Balaban J connectivity index is 0. The largest absolute Gasteiger partial charge is 0.397 e. The predicted octanol–water partition coefficient (Wildman–Crippen LogP) is 2.37. The third-order valence-corrected chi connectivity index (χ3v) is 4.04. The maximum Gasteiger partial charge on any atom is 0.321 e. The van der Waals surface area contributed by atoms with Crippen LogP contribution in [0.1, 0.15) is 40.0 Å². The van der Waals surface area contributed by atoms with E-state index in [9.17, 15) is 0 Å². The summed E-state index contributed by atoms with van der Waals surface area (Å²) in [6.45, 7) is 7.92. The van der Waals surface area contributed by atoms with Crippen LogP contribution >= 0.6 is 0 Å². The Labute approximate surface area is 94.3 Å². The summed E-state index contributed by atoms with van der Waals surface area (Å²) < 4.78 is 11.1. The quantitative estimate of drug-likeness (QED) is 0.303. The molecule has 0 unspecified atom stereocenters. The number of hydrogen-bond acceptors (Lipinski definition) is 4. The highest BCUT2D eigenvalue weighted by Gasteiger charge is 2.10. The molecular formula is C10H23NO3Si. The Morgan fingerprint density at radius 1 is 1.13 bits per heavy atom. The second kappa shape index (κ2) is 16.0. The standard InChI is InChI=1S/C9H22O2Si.CHNO/c1-4-7-8-9-12(10-5-2)11-6-3;2-1-3/h12H,4-9H2,1-3H3;2H. The predicted molar refractivity (Wildman–Crippen MR) is 63.1 cm³/mol. The maximum atomic E-state index is 8.35. The van der Waals surface area contributed by atoms with Gasteiger partial charge in [0, 0.05) is 13.2 Å². The molecule has 0 saturated heterocycles. The highest BCUT2D eigenvalue weighted by molar-refractivity contribution is 6.44. The molecule has 0 heterocycles. The number of unbranched alkanes of at least 4 members (excludes halogenated alkanes) is 2. The van der Waals surface area contributed by atoms with Crippen molar-refractivity contribution in [1.82, 2.24) is 0 Å². The van der Waals surface area contributed by atoms with E-state index in [0.717, 1.165) is 19.3 Å². The Morgan fingerprint density at radius 2 is 1.60 bits per heavy atom. The molecule has 0 aromatic heterocycles. The summed E-state index contributed by atoms with van der Waals surface area (Å²) in [6, 6.07) is 1.18. The van der Waals surface area contributed by atoms with E-state index in [-0.39, 0.29) is 0 Å². The molecule has 0 rings (SSSR count). The van der Waals surface area contributed by atoms with E-state index < -0.39 is 9.28 Å². The van der Waals surface area contributed by atoms with Crippen molar-refractivity contribution in [3.05, 3.63) is 0 Å². The van der Waals surface area contributed by atoms with Gasteiger partial charge in [0.05, 0.1) is 0 Å². The van der Waals surface area contributed by atoms with Gasteiger partial charge in [-0.2, -0.15) is 0 Å². The second-order valence-electron chi connectivity index (χ2n) is 2.94. The van der Waals surface area contributed by atoms with Crippen molar-refractivity contribution in [2.45, 2.75) is 46.1 Å². The molecule has 0 bridgehead atoms. The first-order valence-corrected chi connectivity index (χ1v) is 7.29. The molecule has 0 saturated carbocycles. The van der Waals surface area contributed by atoms with Crippen LogP contribution in [0.2, 0.25) is 6.04 Å². The van der Waals surface area contributed by atoms with Crippen LogP contribution in [0.4, 0.5) is 0 Å². The minimum Gasteiger partial charge on any atom is -0.397 e. The molecule has 0 radical (unpaired) electrons. The minimum atomic E-state index is -1.27. The van der Waals surface area contributed by atoms with Gasteiger partial charge in [-0.1, -0.05) is 26.2 Å². The summed E-state index contributed by atoms with van der Waals surface area (Å²) in [6.07, 6.45) is 4.61. The Kier molecular flexibility index (Phi) is 18.0. The molecule has 0 aliphatic carbocycles. The van der Waals surface area contributed by atoms with Gasteiger partial charge in [-0.15, -0.1) is 0 Å². The molecule has 0 atom stereocenters. The lowest BCUT2D eigenvalue weighted by Gasteiger charge is -2.13. The number of hydrogen-bond donors (Lipinski definition) is 1. The average molecular weight is 233 g/mol. The Bertz CT molecular complexity index is 144. The fraction of sp³-hybridized carbons (Fsp3) is 0.900. The van der Waals surface area contributed by atoms with E-state index in [1.165, 1.54) is 25.3 Å². The van der Waals surface area contributed by atoms with Crippen molar-refractivity contribution in [3.8, 4) is 0 Å². The number of rotatable bonds is 8. The lowest BCUT2D eigenvalue weighted by molar-refractivity contribution is 0.212. The van der Waals surface area contributed by atoms with Crippen LogP contribution in [0.25, 0.3) is 0 Å². The number of carbonyl (C=O) groups excluding carboxylic acids is 1. The highest BCUT2D eigenvalue weighted by atomic mass is 28.3. The molecule has 5 heteroatoms. The van der Waals surface area contributed by atoms with E-state index in [0.29, 0.717) is 0 Å². The van der Waals surface area contributed by atoms with Crippen LogP contribution in [0, 0.1) is 5.41 Å². The van der Waals surface area contributed by atoms with Crippen molar-refractivity contribution in [3.63, 3.8) is 0 Å². The molecule has 4 nitrogen and oxygen atoms in total. The van der Waals surface area contributed by atoms with E-state index in [4.69, 9.17) is 19.1 Å². The van der Waals surface area contributed by atoms with E-state index in [2.05, 4.69) is 6.92 Å². The molecule has 0 aromatic rings. The minimum absolute atomic E-state index is 0.750. The molecule has 0 amide bonds. The zero-order chi connectivity index (χ0) is 11.9. The van der Waals surface area contributed by atoms with E-state index in [1.54, 1.807) is 0 Å². The first kappa shape index (κ1) is 16.9. The van der Waals surface area contributed by atoms with E-state index in [1.807, 2.05) is 13.8 Å². The van der Waals surface area contributed by atoms with Crippen molar-refractivity contribution < 1.29 is 13.6 Å². The van der Waals surface area contributed by atoms with Gasteiger partial charge in [-0.25, -0.2) is 10.2 Å². The summed E-state index contributed by atoms with van der Waals surface area (Å²) in [7, 11) is -1.27. The smallest absolute Gasteiger partial charge is 0.321 e. The monoisotopic (exact) mass is 233 g/mol. The summed E-state index contributed by atoms with van der Waals surface area (Å²) >= 11 is 0. The van der Waals surface area contributed by atoms with Crippen molar-refractivity contribution >= 4 is 15.4 Å². The molecule has 1 N–H and O–H groups in total. The third kappa shape index (κ3) is 16.2. The van der Waals surface area contributed by atoms with Crippen LogP contribution in [0.15, 0.2) is 0 Å².